The van der Waals surface area contributed by atoms with Crippen LogP contribution >= 0.6 is 11.8 Å². The quantitative estimate of drug-likeness (QED) is 0.585. The third kappa shape index (κ3) is 1.28. The van der Waals surface area contributed by atoms with Gasteiger partial charge in [0.05, 0.1) is 6.10 Å². The van der Waals surface area contributed by atoms with E-state index in [1.165, 1.54) is 11.8 Å². The molecule has 0 aromatic carbocycles. The lowest BCUT2D eigenvalue weighted by Gasteiger charge is -2.18. The van der Waals surface area contributed by atoms with Gasteiger partial charge in [0.15, 0.2) is 5.79 Å². The summed E-state index contributed by atoms with van der Waals surface area (Å²) < 4.78 is 11.0. The standard InChI is InChI=1S/C7H12O3S/c1-7(2)9-4-3-11-6(8)5(4)10-7/h4-6,8H,3H2,1-2H3/t4-,5-,6+/m1/s1. The molecular formula is C7H12O3S. The van der Waals surface area contributed by atoms with E-state index < -0.39 is 11.2 Å². The van der Waals surface area contributed by atoms with Crippen molar-refractivity contribution in [3.05, 3.63) is 0 Å². The zero-order valence-corrected chi connectivity index (χ0v) is 7.43. The number of hydrogen-bond donors (Lipinski definition) is 1. The second kappa shape index (κ2) is 2.36. The van der Waals surface area contributed by atoms with Gasteiger partial charge in [-0.2, -0.15) is 0 Å². The largest absolute Gasteiger partial charge is 0.380 e. The topological polar surface area (TPSA) is 38.7 Å². The predicted octanol–water partition coefficient (Wildman–Crippen LogP) is 0.572. The highest BCUT2D eigenvalue weighted by molar-refractivity contribution is 8.00. The van der Waals surface area contributed by atoms with Crippen molar-refractivity contribution in [3.63, 3.8) is 0 Å². The average Bonchev–Trinajstić information content (AvgIpc) is 2.31. The maximum absolute atomic E-state index is 9.39. The molecule has 1 N–H and O–H groups in total. The summed E-state index contributed by atoms with van der Waals surface area (Å²) in [5.74, 6) is 0.340. The van der Waals surface area contributed by atoms with Crippen LogP contribution in [0.15, 0.2) is 0 Å². The number of rotatable bonds is 0. The second-order valence-electron chi connectivity index (χ2n) is 3.36. The van der Waals surface area contributed by atoms with Gasteiger partial charge in [-0.25, -0.2) is 0 Å². The molecule has 0 aromatic rings. The van der Waals surface area contributed by atoms with Crippen LogP contribution in [0.25, 0.3) is 0 Å². The number of aliphatic hydroxyl groups excluding tert-OH is 1. The Labute approximate surface area is 70.1 Å². The number of hydrogen-bond acceptors (Lipinski definition) is 4. The van der Waals surface area contributed by atoms with E-state index in [4.69, 9.17) is 9.47 Å². The van der Waals surface area contributed by atoms with Crippen molar-refractivity contribution in [2.45, 2.75) is 37.3 Å². The maximum atomic E-state index is 9.39. The van der Waals surface area contributed by atoms with Gasteiger partial charge in [0.25, 0.3) is 0 Å². The van der Waals surface area contributed by atoms with Gasteiger partial charge in [-0.3, -0.25) is 0 Å². The Hall–Kier alpha value is 0.230. The van der Waals surface area contributed by atoms with E-state index in [0.29, 0.717) is 0 Å². The van der Waals surface area contributed by atoms with E-state index in [2.05, 4.69) is 0 Å². The summed E-state index contributed by atoms with van der Waals surface area (Å²) in [5.41, 5.74) is -0.401. The molecule has 64 valence electrons. The molecule has 2 aliphatic rings. The fraction of sp³-hybridized carbons (Fsp3) is 1.00. The summed E-state index contributed by atoms with van der Waals surface area (Å²) in [4.78, 5) is 0. The molecule has 2 rings (SSSR count). The van der Waals surface area contributed by atoms with E-state index in [1.807, 2.05) is 13.8 Å². The highest BCUT2D eigenvalue weighted by Crippen LogP contribution is 2.39. The summed E-state index contributed by atoms with van der Waals surface area (Å²) in [6, 6.07) is 0. The molecule has 0 saturated carbocycles. The monoisotopic (exact) mass is 176 g/mol. The molecule has 4 heteroatoms. The van der Waals surface area contributed by atoms with Crippen LogP contribution in [0.3, 0.4) is 0 Å². The van der Waals surface area contributed by atoms with Crippen molar-refractivity contribution < 1.29 is 14.6 Å². The third-order valence-corrected chi connectivity index (χ3v) is 3.06. The SMILES string of the molecule is CC1(C)O[C@@H]2[C@@H](CS[C@@H]2O)O1. The molecule has 3 nitrogen and oxygen atoms in total. The number of thioether (sulfide) groups is 1. The van der Waals surface area contributed by atoms with Crippen LogP contribution in [-0.4, -0.2) is 34.3 Å². The smallest absolute Gasteiger partial charge is 0.163 e. The van der Waals surface area contributed by atoms with Crippen LogP contribution in [0.4, 0.5) is 0 Å². The van der Waals surface area contributed by atoms with Gasteiger partial charge >= 0.3 is 0 Å². The molecule has 2 aliphatic heterocycles. The first-order chi connectivity index (χ1) is 5.08. The van der Waals surface area contributed by atoms with Gasteiger partial charge in [0.1, 0.15) is 11.5 Å². The number of fused-ring (bicyclic) bond motifs is 1. The Bertz CT molecular complexity index is 171. The van der Waals surface area contributed by atoms with Crippen molar-refractivity contribution in [3.8, 4) is 0 Å². The van der Waals surface area contributed by atoms with Crippen molar-refractivity contribution in [2.24, 2.45) is 0 Å². The Morgan fingerprint density at radius 3 is 2.82 bits per heavy atom. The van der Waals surface area contributed by atoms with Gasteiger partial charge in [-0.1, -0.05) is 0 Å². The summed E-state index contributed by atoms with van der Waals surface area (Å²) in [6.07, 6.45) is -0.0278. The zero-order chi connectivity index (χ0) is 8.06. The van der Waals surface area contributed by atoms with E-state index >= 15 is 0 Å². The van der Waals surface area contributed by atoms with Crippen LogP contribution in [-0.2, 0) is 9.47 Å². The summed E-state index contributed by atoms with van der Waals surface area (Å²) in [7, 11) is 0. The van der Waals surface area contributed by atoms with Crippen LogP contribution in [0.2, 0.25) is 0 Å². The molecule has 0 aromatic heterocycles. The zero-order valence-electron chi connectivity index (χ0n) is 6.61. The molecule has 3 atom stereocenters. The highest BCUT2D eigenvalue weighted by Gasteiger charge is 2.48. The van der Waals surface area contributed by atoms with Crippen LogP contribution in [0.5, 0.6) is 0 Å². The number of ether oxygens (including phenoxy) is 2. The third-order valence-electron chi connectivity index (χ3n) is 1.93. The normalized spacial score (nSPS) is 47.7. The van der Waals surface area contributed by atoms with Crippen LogP contribution in [0, 0.1) is 0 Å². The minimum absolute atomic E-state index is 0.0880. The Kier molecular flexibility index (Phi) is 1.68. The first-order valence-electron chi connectivity index (χ1n) is 3.74. The van der Waals surface area contributed by atoms with Gasteiger partial charge < -0.3 is 14.6 Å². The van der Waals surface area contributed by atoms with E-state index in [0.717, 1.165) is 5.75 Å². The highest BCUT2D eigenvalue weighted by atomic mass is 32.2. The molecule has 0 bridgehead atoms. The first kappa shape index (κ1) is 7.86. The lowest BCUT2D eigenvalue weighted by Crippen LogP contribution is -2.27. The maximum Gasteiger partial charge on any atom is 0.163 e. The minimum Gasteiger partial charge on any atom is -0.380 e. The molecular weight excluding hydrogens is 164 g/mol. The van der Waals surface area contributed by atoms with Crippen molar-refractivity contribution in [1.82, 2.24) is 0 Å². The fourth-order valence-electron chi connectivity index (χ4n) is 1.52. The summed E-state index contributed by atoms with van der Waals surface area (Å²) in [5, 5.41) is 9.39. The second-order valence-corrected chi connectivity index (χ2v) is 4.51. The van der Waals surface area contributed by atoms with Gasteiger partial charge in [-0.05, 0) is 13.8 Å². The van der Waals surface area contributed by atoms with Gasteiger partial charge in [0, 0.05) is 5.75 Å². The average molecular weight is 176 g/mol. The number of aliphatic hydroxyl groups is 1. The molecule has 2 heterocycles. The van der Waals surface area contributed by atoms with Crippen LogP contribution in [0.1, 0.15) is 13.8 Å². The van der Waals surface area contributed by atoms with Crippen molar-refractivity contribution in [2.75, 3.05) is 5.75 Å². The Morgan fingerprint density at radius 1 is 1.45 bits per heavy atom. The molecule has 0 unspecified atom stereocenters. The lowest BCUT2D eigenvalue weighted by molar-refractivity contribution is -0.150. The molecule has 0 radical (unpaired) electrons. The fourth-order valence-corrected chi connectivity index (χ4v) is 2.59. The van der Waals surface area contributed by atoms with Crippen molar-refractivity contribution in [1.29, 1.82) is 0 Å². The molecule has 2 saturated heterocycles. The van der Waals surface area contributed by atoms with E-state index in [1.54, 1.807) is 0 Å². The van der Waals surface area contributed by atoms with E-state index in [-0.39, 0.29) is 12.2 Å². The predicted molar refractivity (Wildman–Crippen MR) is 42.3 cm³/mol. The van der Waals surface area contributed by atoms with Crippen LogP contribution < -0.4 is 0 Å². The Morgan fingerprint density at radius 2 is 2.18 bits per heavy atom. The lowest BCUT2D eigenvalue weighted by atomic mass is 10.2. The summed E-state index contributed by atoms with van der Waals surface area (Å²) >= 11 is 1.50. The summed E-state index contributed by atoms with van der Waals surface area (Å²) in [6.45, 7) is 3.76. The van der Waals surface area contributed by atoms with Gasteiger partial charge in [-0.15, -0.1) is 11.8 Å². The molecule has 2 fully saturated rings. The Balaban J connectivity index is 2.10. The molecule has 0 amide bonds. The molecule has 0 spiro atoms. The van der Waals surface area contributed by atoms with Crippen molar-refractivity contribution >= 4 is 11.8 Å². The van der Waals surface area contributed by atoms with Gasteiger partial charge in [0.2, 0.25) is 0 Å². The minimum atomic E-state index is -0.503. The molecule has 11 heavy (non-hydrogen) atoms. The first-order valence-corrected chi connectivity index (χ1v) is 4.79. The molecule has 0 aliphatic carbocycles. The van der Waals surface area contributed by atoms with E-state index in [9.17, 15) is 5.11 Å².